The first-order valence-corrected chi connectivity index (χ1v) is 5.66. The molecule has 2 heterocycles. The molecule has 0 amide bonds. The lowest BCUT2D eigenvalue weighted by Crippen LogP contribution is -2.10. The van der Waals surface area contributed by atoms with Crippen LogP contribution in [0.25, 0.3) is 22.3 Å². The van der Waals surface area contributed by atoms with Crippen LogP contribution in [0.2, 0.25) is 0 Å². The summed E-state index contributed by atoms with van der Waals surface area (Å²) in [5.74, 6) is 0.0973. The Morgan fingerprint density at radius 3 is 2.72 bits per heavy atom. The van der Waals surface area contributed by atoms with E-state index in [2.05, 4.69) is 27.4 Å². The van der Waals surface area contributed by atoms with E-state index >= 15 is 0 Å². The molecule has 92 valence electrons. The summed E-state index contributed by atoms with van der Waals surface area (Å²) in [6.45, 7) is 2.06. The average Bonchev–Trinajstić information content (AvgIpc) is 2.82. The van der Waals surface area contributed by atoms with Gasteiger partial charge >= 0.3 is 5.76 Å². The molecule has 3 aromatic rings. The van der Waals surface area contributed by atoms with Crippen molar-refractivity contribution in [2.24, 2.45) is 14.1 Å². The summed E-state index contributed by atoms with van der Waals surface area (Å²) in [6, 6.07) is 6.00. The highest BCUT2D eigenvalue weighted by molar-refractivity contribution is 5.87. The van der Waals surface area contributed by atoms with Crippen molar-refractivity contribution in [3.63, 3.8) is 0 Å². The lowest BCUT2D eigenvalue weighted by atomic mass is 10.1. The number of hydrogen-bond acceptors (Lipinski definition) is 3. The fourth-order valence-corrected chi connectivity index (χ4v) is 2.27. The molecule has 0 atom stereocenters. The van der Waals surface area contributed by atoms with Crippen LogP contribution in [0.4, 0.5) is 0 Å². The average molecular weight is 243 g/mol. The number of nitrogens with zero attached hydrogens (tertiary/aromatic N) is 3. The maximum absolute atomic E-state index is 11.3. The van der Waals surface area contributed by atoms with E-state index in [-0.39, 0.29) is 0 Å². The first-order chi connectivity index (χ1) is 8.58. The van der Waals surface area contributed by atoms with E-state index in [1.54, 1.807) is 7.05 Å². The minimum atomic E-state index is -0.449. The van der Waals surface area contributed by atoms with Crippen molar-refractivity contribution in [2.75, 3.05) is 0 Å². The van der Waals surface area contributed by atoms with E-state index in [0.29, 0.717) is 5.82 Å². The third-order valence-electron chi connectivity index (χ3n) is 3.25. The van der Waals surface area contributed by atoms with Crippen molar-refractivity contribution in [3.8, 4) is 11.4 Å². The lowest BCUT2D eigenvalue weighted by Gasteiger charge is -2.01. The van der Waals surface area contributed by atoms with Crippen LogP contribution in [-0.4, -0.2) is 14.3 Å². The first-order valence-electron chi connectivity index (χ1n) is 5.66. The van der Waals surface area contributed by atoms with E-state index in [1.165, 1.54) is 10.1 Å². The Balaban J connectivity index is 2.28. The molecule has 0 unspecified atom stereocenters. The molecule has 0 aliphatic heterocycles. The highest BCUT2D eigenvalue weighted by Gasteiger charge is 2.11. The van der Waals surface area contributed by atoms with Gasteiger partial charge in [-0.3, -0.25) is 9.09 Å². The summed E-state index contributed by atoms with van der Waals surface area (Å²) >= 11 is 0. The molecule has 0 N–H and O–H groups in total. The molecule has 5 nitrogen and oxygen atoms in total. The number of hydrogen-bond donors (Lipinski definition) is 0. The van der Waals surface area contributed by atoms with Gasteiger partial charge in [-0.2, -0.15) is 0 Å². The van der Waals surface area contributed by atoms with Gasteiger partial charge in [0.1, 0.15) is 0 Å². The van der Waals surface area contributed by atoms with E-state index in [9.17, 15) is 4.79 Å². The third kappa shape index (κ3) is 1.40. The minimum absolute atomic E-state index is 0.449. The van der Waals surface area contributed by atoms with Gasteiger partial charge in [-0.05, 0) is 30.7 Å². The molecule has 0 bridgehead atoms. The van der Waals surface area contributed by atoms with Gasteiger partial charge < -0.3 is 4.57 Å². The van der Waals surface area contributed by atoms with Gasteiger partial charge in [-0.25, -0.2) is 4.79 Å². The molecule has 2 aromatic heterocycles. The van der Waals surface area contributed by atoms with Crippen LogP contribution in [-0.2, 0) is 14.1 Å². The van der Waals surface area contributed by atoms with Crippen molar-refractivity contribution < 1.29 is 4.52 Å². The SMILES string of the molecule is Cc1cn(C)c2ccc(-c3noc(=O)n3C)cc12. The zero-order chi connectivity index (χ0) is 12.9. The normalized spacial score (nSPS) is 11.3. The summed E-state index contributed by atoms with van der Waals surface area (Å²) in [6.07, 6.45) is 2.08. The molecular weight excluding hydrogens is 230 g/mol. The van der Waals surface area contributed by atoms with Crippen LogP contribution in [0, 0.1) is 6.92 Å². The highest BCUT2D eigenvalue weighted by Crippen LogP contribution is 2.25. The van der Waals surface area contributed by atoms with Gasteiger partial charge in [0.2, 0.25) is 0 Å². The van der Waals surface area contributed by atoms with Crippen LogP contribution < -0.4 is 5.76 Å². The maximum atomic E-state index is 11.3. The first kappa shape index (κ1) is 10.8. The molecule has 0 aliphatic rings. The quantitative estimate of drug-likeness (QED) is 0.655. The Bertz CT molecular complexity index is 792. The molecule has 0 radical (unpaired) electrons. The van der Waals surface area contributed by atoms with Crippen molar-refractivity contribution in [3.05, 3.63) is 40.5 Å². The minimum Gasteiger partial charge on any atom is -0.350 e. The largest absolute Gasteiger partial charge is 0.441 e. The molecule has 18 heavy (non-hydrogen) atoms. The molecule has 3 rings (SSSR count). The van der Waals surface area contributed by atoms with Gasteiger partial charge in [-0.1, -0.05) is 5.16 Å². The van der Waals surface area contributed by atoms with Gasteiger partial charge in [0.15, 0.2) is 5.82 Å². The van der Waals surface area contributed by atoms with Gasteiger partial charge in [0.05, 0.1) is 0 Å². The van der Waals surface area contributed by atoms with E-state index in [4.69, 9.17) is 0 Å². The molecule has 0 saturated carbocycles. The molecule has 0 fully saturated rings. The number of rotatable bonds is 1. The summed E-state index contributed by atoms with van der Waals surface area (Å²) in [7, 11) is 3.66. The zero-order valence-corrected chi connectivity index (χ0v) is 10.5. The van der Waals surface area contributed by atoms with Crippen LogP contribution in [0.1, 0.15) is 5.56 Å². The van der Waals surface area contributed by atoms with E-state index in [1.807, 2.05) is 25.2 Å². The highest BCUT2D eigenvalue weighted by atomic mass is 16.5. The van der Waals surface area contributed by atoms with Crippen molar-refractivity contribution >= 4 is 10.9 Å². The fraction of sp³-hybridized carbons (Fsp3) is 0.231. The molecule has 0 saturated heterocycles. The Morgan fingerprint density at radius 2 is 2.06 bits per heavy atom. The molecular formula is C13H13N3O2. The standard InChI is InChI=1S/C13H13N3O2/c1-8-7-15(2)11-5-4-9(6-10(8)11)12-14-18-13(17)16(12)3/h4-7H,1-3H3. The Hall–Kier alpha value is -2.30. The summed E-state index contributed by atoms with van der Waals surface area (Å²) in [5.41, 5.74) is 3.23. The van der Waals surface area contributed by atoms with Crippen LogP contribution in [0.15, 0.2) is 33.7 Å². The Labute approximate surface area is 103 Å². The van der Waals surface area contributed by atoms with Crippen molar-refractivity contribution in [1.82, 2.24) is 14.3 Å². The van der Waals surface area contributed by atoms with E-state index < -0.39 is 5.76 Å². The third-order valence-corrected chi connectivity index (χ3v) is 3.25. The Morgan fingerprint density at radius 1 is 1.28 bits per heavy atom. The van der Waals surface area contributed by atoms with Crippen LogP contribution >= 0.6 is 0 Å². The molecule has 0 spiro atoms. The topological polar surface area (TPSA) is 53.0 Å². The molecule has 1 aromatic carbocycles. The smallest absolute Gasteiger partial charge is 0.350 e. The predicted molar refractivity (Wildman–Crippen MR) is 68.4 cm³/mol. The number of aryl methyl sites for hydroxylation is 2. The second-order valence-corrected chi connectivity index (χ2v) is 4.49. The van der Waals surface area contributed by atoms with E-state index in [0.717, 1.165) is 16.5 Å². The summed E-state index contributed by atoms with van der Waals surface area (Å²) < 4.78 is 8.13. The summed E-state index contributed by atoms with van der Waals surface area (Å²) in [5, 5.41) is 4.96. The van der Waals surface area contributed by atoms with Crippen molar-refractivity contribution in [2.45, 2.75) is 6.92 Å². The monoisotopic (exact) mass is 243 g/mol. The predicted octanol–water partition coefficient (Wildman–Crippen LogP) is 1.84. The zero-order valence-electron chi connectivity index (χ0n) is 10.5. The summed E-state index contributed by atoms with van der Waals surface area (Å²) in [4.78, 5) is 11.3. The van der Waals surface area contributed by atoms with Crippen LogP contribution in [0.3, 0.4) is 0 Å². The van der Waals surface area contributed by atoms with Crippen LogP contribution in [0.5, 0.6) is 0 Å². The number of benzene rings is 1. The lowest BCUT2D eigenvalue weighted by molar-refractivity contribution is 0.380. The fourth-order valence-electron chi connectivity index (χ4n) is 2.27. The van der Waals surface area contributed by atoms with Gasteiger partial charge in [0.25, 0.3) is 0 Å². The molecule has 5 heteroatoms. The molecule has 0 aliphatic carbocycles. The second-order valence-electron chi connectivity index (χ2n) is 4.49. The number of aromatic nitrogens is 3. The van der Waals surface area contributed by atoms with Gasteiger partial charge in [0, 0.05) is 36.8 Å². The van der Waals surface area contributed by atoms with Gasteiger partial charge in [-0.15, -0.1) is 0 Å². The Kier molecular flexibility index (Phi) is 2.16. The number of fused-ring (bicyclic) bond motifs is 1. The second kappa shape index (κ2) is 3.60. The van der Waals surface area contributed by atoms with Crippen molar-refractivity contribution in [1.29, 1.82) is 0 Å². The maximum Gasteiger partial charge on any atom is 0.441 e.